The minimum absolute atomic E-state index is 0.604. The Bertz CT molecular complexity index is 111. The maximum Gasteiger partial charge on any atom is -0.0206 e. The van der Waals surface area contributed by atoms with Gasteiger partial charge in [0.25, 0.3) is 0 Å². The van der Waals surface area contributed by atoms with Crippen LogP contribution in [0, 0.1) is 12.8 Å². The van der Waals surface area contributed by atoms with E-state index in [0.717, 1.165) is 0 Å². The molecule has 1 radical (unpaired) electrons. The topological polar surface area (TPSA) is 0 Å². The van der Waals surface area contributed by atoms with Crippen molar-refractivity contribution >= 4 is 0 Å². The molecular weight excluding hydrogens is 108 g/mol. The molecule has 0 heteroatoms. The molecule has 9 heavy (non-hydrogen) atoms. The lowest BCUT2D eigenvalue weighted by Gasteiger charge is -2.06. The van der Waals surface area contributed by atoms with Crippen LogP contribution in [-0.2, 0) is 0 Å². The third-order valence-corrected chi connectivity index (χ3v) is 2.12. The van der Waals surface area contributed by atoms with Crippen LogP contribution in [0.5, 0.6) is 0 Å². The maximum atomic E-state index is 4.07. The van der Waals surface area contributed by atoms with E-state index < -0.39 is 0 Å². The van der Waals surface area contributed by atoms with Crippen LogP contribution >= 0.6 is 0 Å². The molecule has 0 aromatic carbocycles. The van der Waals surface area contributed by atoms with Crippen LogP contribution < -0.4 is 0 Å². The van der Waals surface area contributed by atoms with Gasteiger partial charge in [-0.2, -0.15) is 0 Å². The van der Waals surface area contributed by atoms with E-state index in [9.17, 15) is 0 Å². The first-order chi connectivity index (χ1) is 4.30. The Labute approximate surface area is 58.0 Å². The Kier molecular flexibility index (Phi) is 2.32. The Hall–Kier alpha value is -0.260. The van der Waals surface area contributed by atoms with Crippen molar-refractivity contribution < 1.29 is 0 Å². The van der Waals surface area contributed by atoms with E-state index in [2.05, 4.69) is 19.9 Å². The molecule has 0 amide bonds. The highest BCUT2D eigenvalue weighted by atomic mass is 14.1. The standard InChI is InChI=1S/C9H15/c1-8-6-4-3-5-7-9(8)2/h7-8H,1,3-6H2,2H3. The monoisotopic (exact) mass is 123 g/mol. The number of hydrogen-bond donors (Lipinski definition) is 0. The summed E-state index contributed by atoms with van der Waals surface area (Å²) < 4.78 is 0. The van der Waals surface area contributed by atoms with Crippen molar-refractivity contribution in [1.82, 2.24) is 0 Å². The van der Waals surface area contributed by atoms with Crippen LogP contribution in [0.15, 0.2) is 11.6 Å². The molecule has 1 unspecified atom stereocenters. The van der Waals surface area contributed by atoms with E-state index >= 15 is 0 Å². The van der Waals surface area contributed by atoms with Crippen molar-refractivity contribution in [2.75, 3.05) is 0 Å². The molecule has 0 aromatic rings. The molecule has 0 spiro atoms. The van der Waals surface area contributed by atoms with Crippen molar-refractivity contribution in [3.05, 3.63) is 18.6 Å². The lowest BCUT2D eigenvalue weighted by atomic mass is 9.99. The molecule has 0 fully saturated rings. The highest BCUT2D eigenvalue weighted by molar-refractivity contribution is 5.05. The Balaban J connectivity index is 2.51. The van der Waals surface area contributed by atoms with Crippen LogP contribution in [0.3, 0.4) is 0 Å². The first-order valence-electron chi connectivity index (χ1n) is 3.80. The predicted octanol–water partition coefficient (Wildman–Crippen LogP) is 2.96. The summed E-state index contributed by atoms with van der Waals surface area (Å²) in [6, 6.07) is 0. The quantitative estimate of drug-likeness (QED) is 0.434. The maximum absolute atomic E-state index is 4.07. The van der Waals surface area contributed by atoms with Crippen LogP contribution in [0.2, 0.25) is 0 Å². The molecule has 0 bridgehead atoms. The molecule has 0 N–H and O–H groups in total. The molecule has 51 valence electrons. The average Bonchev–Trinajstić information content (AvgIpc) is 1.99. The van der Waals surface area contributed by atoms with E-state index in [4.69, 9.17) is 0 Å². The molecule has 1 aliphatic carbocycles. The summed E-state index contributed by atoms with van der Waals surface area (Å²) >= 11 is 0. The molecule has 0 aliphatic heterocycles. The number of rotatable bonds is 0. The van der Waals surface area contributed by atoms with E-state index in [1.165, 1.54) is 31.3 Å². The Morgan fingerprint density at radius 1 is 1.56 bits per heavy atom. The van der Waals surface area contributed by atoms with Crippen molar-refractivity contribution in [3.63, 3.8) is 0 Å². The molecule has 0 aromatic heterocycles. The normalized spacial score (nSPS) is 29.1. The second-order valence-corrected chi connectivity index (χ2v) is 2.93. The number of allylic oxidation sites excluding steroid dienone is 2. The third kappa shape index (κ3) is 1.85. The summed E-state index contributed by atoms with van der Waals surface area (Å²) in [6.45, 7) is 6.27. The van der Waals surface area contributed by atoms with E-state index in [0.29, 0.717) is 5.92 Å². The zero-order chi connectivity index (χ0) is 6.69. The summed E-state index contributed by atoms with van der Waals surface area (Å²) in [5.41, 5.74) is 1.49. The van der Waals surface area contributed by atoms with Crippen molar-refractivity contribution in [2.45, 2.75) is 32.6 Å². The minimum Gasteiger partial charge on any atom is -0.0853 e. The minimum atomic E-state index is 0.604. The van der Waals surface area contributed by atoms with Gasteiger partial charge in [-0.3, -0.25) is 0 Å². The van der Waals surface area contributed by atoms with Gasteiger partial charge >= 0.3 is 0 Å². The lowest BCUT2D eigenvalue weighted by Crippen LogP contribution is -1.93. The van der Waals surface area contributed by atoms with Crippen LogP contribution in [0.25, 0.3) is 0 Å². The van der Waals surface area contributed by atoms with E-state index in [1.807, 2.05) is 0 Å². The molecule has 1 atom stereocenters. The van der Waals surface area contributed by atoms with Gasteiger partial charge in [0.2, 0.25) is 0 Å². The summed E-state index contributed by atoms with van der Waals surface area (Å²) in [5, 5.41) is 0. The largest absolute Gasteiger partial charge is 0.0853 e. The fourth-order valence-corrected chi connectivity index (χ4v) is 1.26. The van der Waals surface area contributed by atoms with Gasteiger partial charge in [-0.1, -0.05) is 18.1 Å². The van der Waals surface area contributed by atoms with Crippen molar-refractivity contribution in [2.24, 2.45) is 5.92 Å². The van der Waals surface area contributed by atoms with Gasteiger partial charge in [-0.25, -0.2) is 0 Å². The van der Waals surface area contributed by atoms with E-state index in [1.54, 1.807) is 0 Å². The second kappa shape index (κ2) is 3.05. The molecule has 1 aliphatic rings. The molecule has 0 saturated carbocycles. The first-order valence-corrected chi connectivity index (χ1v) is 3.80. The second-order valence-electron chi connectivity index (χ2n) is 2.93. The smallest absolute Gasteiger partial charge is 0.0206 e. The molecular formula is C9H15. The van der Waals surface area contributed by atoms with Crippen LogP contribution in [-0.4, -0.2) is 0 Å². The fraction of sp³-hybridized carbons (Fsp3) is 0.667. The van der Waals surface area contributed by atoms with Crippen LogP contribution in [0.4, 0.5) is 0 Å². The van der Waals surface area contributed by atoms with Crippen molar-refractivity contribution in [3.8, 4) is 0 Å². The number of hydrogen-bond acceptors (Lipinski definition) is 0. The summed E-state index contributed by atoms with van der Waals surface area (Å²) in [5.74, 6) is 0.604. The SMILES string of the molecule is [CH2]C1CCCCC=C1C. The van der Waals surface area contributed by atoms with E-state index in [-0.39, 0.29) is 0 Å². The lowest BCUT2D eigenvalue weighted by molar-refractivity contribution is 0.625. The van der Waals surface area contributed by atoms with Gasteiger partial charge in [-0.05, 0) is 39.0 Å². The van der Waals surface area contributed by atoms with Gasteiger partial charge in [0.1, 0.15) is 0 Å². The highest BCUT2D eigenvalue weighted by Crippen LogP contribution is 2.21. The predicted molar refractivity (Wildman–Crippen MR) is 41.1 cm³/mol. The summed E-state index contributed by atoms with van der Waals surface area (Å²) in [4.78, 5) is 0. The van der Waals surface area contributed by atoms with Gasteiger partial charge < -0.3 is 0 Å². The van der Waals surface area contributed by atoms with Gasteiger partial charge in [0.15, 0.2) is 0 Å². The fourth-order valence-electron chi connectivity index (χ4n) is 1.26. The van der Waals surface area contributed by atoms with Gasteiger partial charge in [0.05, 0.1) is 0 Å². The zero-order valence-corrected chi connectivity index (χ0v) is 6.19. The summed E-state index contributed by atoms with van der Waals surface area (Å²) in [6.07, 6.45) is 7.64. The first kappa shape index (κ1) is 6.85. The highest BCUT2D eigenvalue weighted by Gasteiger charge is 2.06. The Morgan fingerprint density at radius 2 is 2.33 bits per heavy atom. The molecule has 0 heterocycles. The van der Waals surface area contributed by atoms with Crippen molar-refractivity contribution in [1.29, 1.82) is 0 Å². The third-order valence-electron chi connectivity index (χ3n) is 2.12. The molecule has 0 nitrogen and oxygen atoms in total. The van der Waals surface area contributed by atoms with Gasteiger partial charge in [-0.15, -0.1) is 0 Å². The summed E-state index contributed by atoms with van der Waals surface area (Å²) in [7, 11) is 0. The molecule has 1 rings (SSSR count). The van der Waals surface area contributed by atoms with Gasteiger partial charge in [0, 0.05) is 0 Å². The van der Waals surface area contributed by atoms with Crippen LogP contribution in [0.1, 0.15) is 32.6 Å². The Morgan fingerprint density at radius 3 is 3.11 bits per heavy atom. The zero-order valence-electron chi connectivity index (χ0n) is 6.19. The average molecular weight is 123 g/mol. The molecule has 0 saturated heterocycles.